The SMILES string of the molecule is CC(=O)N(CCNC(=O)Cc1ccc(C)cc1)c1ccc(N2CCCCC2)cc1. The Labute approximate surface area is 173 Å². The molecule has 0 saturated carbocycles. The van der Waals surface area contributed by atoms with Crippen LogP contribution in [0.5, 0.6) is 0 Å². The van der Waals surface area contributed by atoms with Crippen molar-refractivity contribution in [2.24, 2.45) is 0 Å². The molecule has 1 aliphatic rings. The van der Waals surface area contributed by atoms with Crippen molar-refractivity contribution in [3.8, 4) is 0 Å². The normalized spacial score (nSPS) is 13.8. The van der Waals surface area contributed by atoms with Gasteiger partial charge in [-0.1, -0.05) is 29.8 Å². The van der Waals surface area contributed by atoms with Crippen LogP contribution in [0.3, 0.4) is 0 Å². The van der Waals surface area contributed by atoms with Gasteiger partial charge in [0.15, 0.2) is 0 Å². The van der Waals surface area contributed by atoms with Crippen molar-refractivity contribution in [2.75, 3.05) is 36.0 Å². The quantitative estimate of drug-likeness (QED) is 0.780. The Balaban J connectivity index is 1.52. The van der Waals surface area contributed by atoms with Crippen LogP contribution in [0.4, 0.5) is 11.4 Å². The van der Waals surface area contributed by atoms with Gasteiger partial charge < -0.3 is 15.1 Å². The van der Waals surface area contributed by atoms with Crippen molar-refractivity contribution >= 4 is 23.2 Å². The third-order valence-corrected chi connectivity index (χ3v) is 5.41. The van der Waals surface area contributed by atoms with Gasteiger partial charge in [-0.15, -0.1) is 0 Å². The highest BCUT2D eigenvalue weighted by atomic mass is 16.2. The monoisotopic (exact) mass is 393 g/mol. The molecular formula is C24H31N3O2. The van der Waals surface area contributed by atoms with Crippen molar-refractivity contribution in [3.05, 3.63) is 59.7 Å². The van der Waals surface area contributed by atoms with Crippen LogP contribution in [0.1, 0.15) is 37.3 Å². The maximum atomic E-state index is 12.2. The van der Waals surface area contributed by atoms with Gasteiger partial charge in [0.05, 0.1) is 6.42 Å². The van der Waals surface area contributed by atoms with Gasteiger partial charge in [-0.2, -0.15) is 0 Å². The molecule has 5 nitrogen and oxygen atoms in total. The second-order valence-electron chi connectivity index (χ2n) is 7.75. The molecule has 0 spiro atoms. The summed E-state index contributed by atoms with van der Waals surface area (Å²) in [6.07, 6.45) is 4.14. The topological polar surface area (TPSA) is 52.7 Å². The molecule has 3 rings (SSSR count). The average Bonchev–Trinajstić information content (AvgIpc) is 2.73. The Morgan fingerprint density at radius 2 is 1.62 bits per heavy atom. The molecule has 0 aliphatic carbocycles. The fourth-order valence-corrected chi connectivity index (χ4v) is 3.72. The minimum absolute atomic E-state index is 0.0245. The van der Waals surface area contributed by atoms with Crippen LogP contribution in [0, 0.1) is 6.92 Å². The first-order valence-electron chi connectivity index (χ1n) is 10.5. The van der Waals surface area contributed by atoms with Crippen LogP contribution in [-0.2, 0) is 16.0 Å². The molecule has 154 valence electrons. The first kappa shape index (κ1) is 20.9. The zero-order valence-corrected chi connectivity index (χ0v) is 17.5. The van der Waals surface area contributed by atoms with Crippen molar-refractivity contribution in [3.63, 3.8) is 0 Å². The van der Waals surface area contributed by atoms with E-state index in [9.17, 15) is 9.59 Å². The molecule has 29 heavy (non-hydrogen) atoms. The highest BCUT2D eigenvalue weighted by Crippen LogP contribution is 2.23. The van der Waals surface area contributed by atoms with E-state index >= 15 is 0 Å². The van der Waals surface area contributed by atoms with Gasteiger partial charge in [-0.05, 0) is 56.0 Å². The van der Waals surface area contributed by atoms with Crippen molar-refractivity contribution < 1.29 is 9.59 Å². The predicted octanol–water partition coefficient (Wildman–Crippen LogP) is 3.70. The number of anilines is 2. The Bertz CT molecular complexity index is 809. The molecule has 1 saturated heterocycles. The smallest absolute Gasteiger partial charge is 0.224 e. The fourth-order valence-electron chi connectivity index (χ4n) is 3.72. The van der Waals surface area contributed by atoms with E-state index < -0.39 is 0 Å². The molecule has 0 aromatic heterocycles. The number of amides is 2. The Morgan fingerprint density at radius 3 is 2.24 bits per heavy atom. The lowest BCUT2D eigenvalue weighted by atomic mass is 10.1. The molecule has 0 unspecified atom stereocenters. The molecule has 2 aromatic carbocycles. The van der Waals surface area contributed by atoms with Crippen molar-refractivity contribution in [1.82, 2.24) is 5.32 Å². The summed E-state index contributed by atoms with van der Waals surface area (Å²) in [5.41, 5.74) is 4.25. The summed E-state index contributed by atoms with van der Waals surface area (Å²) >= 11 is 0. The number of benzene rings is 2. The summed E-state index contributed by atoms with van der Waals surface area (Å²) in [4.78, 5) is 28.4. The number of rotatable bonds is 7. The fraction of sp³-hybridized carbons (Fsp3) is 0.417. The lowest BCUT2D eigenvalue weighted by molar-refractivity contribution is -0.121. The molecule has 2 aromatic rings. The molecule has 1 fully saturated rings. The average molecular weight is 394 g/mol. The van der Waals surface area contributed by atoms with Crippen LogP contribution in [0.2, 0.25) is 0 Å². The van der Waals surface area contributed by atoms with Gasteiger partial charge in [0, 0.05) is 44.5 Å². The predicted molar refractivity (Wildman–Crippen MR) is 118 cm³/mol. The summed E-state index contributed by atoms with van der Waals surface area (Å²) in [5.74, 6) is -0.0543. The van der Waals surface area contributed by atoms with Crippen molar-refractivity contribution in [2.45, 2.75) is 39.5 Å². The van der Waals surface area contributed by atoms with Gasteiger partial charge in [-0.3, -0.25) is 9.59 Å². The highest BCUT2D eigenvalue weighted by molar-refractivity contribution is 5.91. The van der Waals surface area contributed by atoms with Gasteiger partial charge in [0.25, 0.3) is 0 Å². The first-order valence-corrected chi connectivity index (χ1v) is 10.5. The molecule has 2 amide bonds. The summed E-state index contributed by atoms with van der Waals surface area (Å²) in [7, 11) is 0. The van der Waals surface area contributed by atoms with E-state index in [0.29, 0.717) is 19.5 Å². The largest absolute Gasteiger partial charge is 0.372 e. The minimum atomic E-state index is -0.0298. The summed E-state index contributed by atoms with van der Waals surface area (Å²) in [6.45, 7) is 6.67. The third-order valence-electron chi connectivity index (χ3n) is 5.41. The first-order chi connectivity index (χ1) is 14.0. The number of nitrogens with zero attached hydrogens (tertiary/aromatic N) is 2. The standard InChI is InChI=1S/C24H31N3O2/c1-19-6-8-21(9-7-19)18-24(29)25-14-17-27(20(2)28)23-12-10-22(11-13-23)26-15-4-3-5-16-26/h6-13H,3-5,14-18H2,1-2H3,(H,25,29). The lowest BCUT2D eigenvalue weighted by Gasteiger charge is -2.29. The van der Waals surface area contributed by atoms with E-state index in [2.05, 4.69) is 22.3 Å². The van der Waals surface area contributed by atoms with Gasteiger partial charge in [0.2, 0.25) is 11.8 Å². The molecule has 1 aliphatic heterocycles. The van der Waals surface area contributed by atoms with Crippen LogP contribution >= 0.6 is 0 Å². The van der Waals surface area contributed by atoms with E-state index in [-0.39, 0.29) is 11.8 Å². The molecule has 0 atom stereocenters. The van der Waals surface area contributed by atoms with E-state index in [0.717, 1.165) is 24.3 Å². The Hall–Kier alpha value is -2.82. The zero-order chi connectivity index (χ0) is 20.6. The number of hydrogen-bond donors (Lipinski definition) is 1. The van der Waals surface area contributed by atoms with E-state index in [1.54, 1.807) is 11.8 Å². The second kappa shape index (κ2) is 10.1. The number of carbonyl (C=O) groups excluding carboxylic acids is 2. The van der Waals surface area contributed by atoms with Crippen LogP contribution < -0.4 is 15.1 Å². The molecule has 0 bridgehead atoms. The van der Waals surface area contributed by atoms with Gasteiger partial charge >= 0.3 is 0 Å². The summed E-state index contributed by atoms with van der Waals surface area (Å²) < 4.78 is 0. The maximum absolute atomic E-state index is 12.2. The van der Waals surface area contributed by atoms with Gasteiger partial charge in [-0.25, -0.2) is 0 Å². The maximum Gasteiger partial charge on any atom is 0.224 e. The van der Waals surface area contributed by atoms with Crippen molar-refractivity contribution in [1.29, 1.82) is 0 Å². The molecular weight excluding hydrogens is 362 g/mol. The molecule has 0 radical (unpaired) electrons. The second-order valence-corrected chi connectivity index (χ2v) is 7.75. The number of piperidine rings is 1. The third kappa shape index (κ3) is 6.08. The van der Waals surface area contributed by atoms with Gasteiger partial charge in [0.1, 0.15) is 0 Å². The number of hydrogen-bond acceptors (Lipinski definition) is 3. The summed E-state index contributed by atoms with van der Waals surface area (Å²) in [6, 6.07) is 16.1. The number of aryl methyl sites for hydroxylation is 1. The number of nitrogens with one attached hydrogen (secondary N) is 1. The molecule has 5 heteroatoms. The van der Waals surface area contributed by atoms with Crippen LogP contribution in [0.15, 0.2) is 48.5 Å². The lowest BCUT2D eigenvalue weighted by Crippen LogP contribution is -2.38. The zero-order valence-electron chi connectivity index (χ0n) is 17.5. The van der Waals surface area contributed by atoms with E-state index in [1.165, 1.54) is 30.5 Å². The Kier molecular flexibility index (Phi) is 7.28. The number of carbonyl (C=O) groups is 2. The minimum Gasteiger partial charge on any atom is -0.372 e. The molecule has 1 heterocycles. The molecule has 1 N–H and O–H groups in total. The van der Waals surface area contributed by atoms with Crippen LogP contribution in [0.25, 0.3) is 0 Å². The van der Waals surface area contributed by atoms with Crippen LogP contribution in [-0.4, -0.2) is 38.0 Å². The Morgan fingerprint density at radius 1 is 0.966 bits per heavy atom. The highest BCUT2D eigenvalue weighted by Gasteiger charge is 2.14. The van der Waals surface area contributed by atoms with E-state index in [1.807, 2.05) is 43.3 Å². The van der Waals surface area contributed by atoms with E-state index in [4.69, 9.17) is 0 Å². The summed E-state index contributed by atoms with van der Waals surface area (Å²) in [5, 5.41) is 2.92.